The van der Waals surface area contributed by atoms with Crippen molar-refractivity contribution in [3.63, 3.8) is 0 Å². The summed E-state index contributed by atoms with van der Waals surface area (Å²) in [4.78, 5) is 0. The lowest BCUT2D eigenvalue weighted by atomic mass is 10.1. The minimum absolute atomic E-state index is 0.821. The molecule has 1 fully saturated rings. The highest BCUT2D eigenvalue weighted by molar-refractivity contribution is 9.11. The predicted molar refractivity (Wildman–Crippen MR) is 53.8 cm³/mol. The lowest BCUT2D eigenvalue weighted by Gasteiger charge is -2.01. The van der Waals surface area contributed by atoms with Crippen molar-refractivity contribution in [2.24, 2.45) is 0 Å². The highest BCUT2D eigenvalue weighted by Gasteiger charge is 2.25. The number of benzene rings is 1. The third-order valence-corrected chi connectivity index (χ3v) is 3.19. The fourth-order valence-corrected chi connectivity index (χ4v) is 2.17. The van der Waals surface area contributed by atoms with Gasteiger partial charge in [0, 0.05) is 8.95 Å². The van der Waals surface area contributed by atoms with Crippen LogP contribution in [0.1, 0.15) is 24.3 Å². The zero-order chi connectivity index (χ0) is 7.84. The SMILES string of the molecule is Brc1ccc(Br)c(C2CC2)c1. The largest absolute Gasteiger partial charge is 0.0508 e. The smallest absolute Gasteiger partial charge is 0.0210 e. The Morgan fingerprint density at radius 1 is 1.18 bits per heavy atom. The predicted octanol–water partition coefficient (Wildman–Crippen LogP) is 4.09. The molecule has 0 heterocycles. The van der Waals surface area contributed by atoms with E-state index in [1.165, 1.54) is 27.4 Å². The molecule has 0 aromatic heterocycles. The fourth-order valence-electron chi connectivity index (χ4n) is 1.22. The van der Waals surface area contributed by atoms with Gasteiger partial charge in [0.2, 0.25) is 0 Å². The molecule has 0 bridgehead atoms. The summed E-state index contributed by atoms with van der Waals surface area (Å²) in [7, 11) is 0. The first kappa shape index (κ1) is 7.81. The molecule has 2 heteroatoms. The van der Waals surface area contributed by atoms with Gasteiger partial charge in [0.05, 0.1) is 0 Å². The van der Waals surface area contributed by atoms with Crippen LogP contribution in [0.15, 0.2) is 27.1 Å². The Kier molecular flexibility index (Phi) is 2.06. The summed E-state index contributed by atoms with van der Waals surface area (Å²) in [6, 6.07) is 6.38. The summed E-state index contributed by atoms with van der Waals surface area (Å²) in [5.74, 6) is 0.821. The Labute approximate surface area is 83.3 Å². The van der Waals surface area contributed by atoms with Gasteiger partial charge >= 0.3 is 0 Å². The van der Waals surface area contributed by atoms with Gasteiger partial charge in [-0.1, -0.05) is 31.9 Å². The maximum atomic E-state index is 3.55. The molecule has 1 saturated carbocycles. The Bertz CT molecular complexity index is 277. The van der Waals surface area contributed by atoms with Crippen LogP contribution in [0.5, 0.6) is 0 Å². The molecule has 58 valence electrons. The van der Waals surface area contributed by atoms with Crippen LogP contribution in [0.2, 0.25) is 0 Å². The van der Waals surface area contributed by atoms with E-state index in [0.29, 0.717) is 0 Å². The van der Waals surface area contributed by atoms with E-state index in [2.05, 4.69) is 50.1 Å². The number of hydrogen-bond acceptors (Lipinski definition) is 0. The zero-order valence-corrected chi connectivity index (χ0v) is 9.15. The monoisotopic (exact) mass is 274 g/mol. The van der Waals surface area contributed by atoms with E-state index < -0.39 is 0 Å². The second kappa shape index (κ2) is 2.91. The van der Waals surface area contributed by atoms with Crippen LogP contribution in [0.25, 0.3) is 0 Å². The molecule has 11 heavy (non-hydrogen) atoms. The van der Waals surface area contributed by atoms with Crippen molar-refractivity contribution in [3.05, 3.63) is 32.7 Å². The van der Waals surface area contributed by atoms with Gasteiger partial charge in [-0.2, -0.15) is 0 Å². The molecule has 0 atom stereocenters. The van der Waals surface area contributed by atoms with Gasteiger partial charge in [-0.05, 0) is 42.5 Å². The van der Waals surface area contributed by atoms with Gasteiger partial charge in [-0.3, -0.25) is 0 Å². The molecular weight excluding hydrogens is 268 g/mol. The second-order valence-corrected chi connectivity index (χ2v) is 4.71. The van der Waals surface area contributed by atoms with Gasteiger partial charge in [0.15, 0.2) is 0 Å². The molecule has 0 unspecified atom stereocenters. The van der Waals surface area contributed by atoms with Crippen LogP contribution in [0.4, 0.5) is 0 Å². The summed E-state index contributed by atoms with van der Waals surface area (Å²) in [6.07, 6.45) is 2.71. The molecule has 0 nitrogen and oxygen atoms in total. The molecule has 0 saturated heterocycles. The summed E-state index contributed by atoms with van der Waals surface area (Å²) in [5.41, 5.74) is 1.46. The first-order valence-electron chi connectivity index (χ1n) is 3.72. The molecule has 2 rings (SSSR count). The summed E-state index contributed by atoms with van der Waals surface area (Å²) < 4.78 is 2.44. The first-order valence-corrected chi connectivity index (χ1v) is 5.31. The van der Waals surface area contributed by atoms with Crippen LogP contribution in [0, 0.1) is 0 Å². The van der Waals surface area contributed by atoms with Crippen molar-refractivity contribution >= 4 is 31.9 Å². The summed E-state index contributed by atoms with van der Waals surface area (Å²) >= 11 is 7.02. The number of rotatable bonds is 1. The Morgan fingerprint density at radius 2 is 1.91 bits per heavy atom. The van der Waals surface area contributed by atoms with Gasteiger partial charge in [-0.25, -0.2) is 0 Å². The molecule has 1 aliphatic carbocycles. The normalized spacial score (nSPS) is 16.9. The minimum Gasteiger partial charge on any atom is -0.0508 e. The van der Waals surface area contributed by atoms with Crippen LogP contribution >= 0.6 is 31.9 Å². The topological polar surface area (TPSA) is 0 Å². The lowest BCUT2D eigenvalue weighted by molar-refractivity contribution is 1.11. The molecule has 1 aromatic rings. The van der Waals surface area contributed by atoms with Gasteiger partial charge in [0.1, 0.15) is 0 Å². The molecule has 0 amide bonds. The minimum atomic E-state index is 0.821. The second-order valence-electron chi connectivity index (χ2n) is 2.94. The average Bonchev–Trinajstić information content (AvgIpc) is 2.76. The quantitative estimate of drug-likeness (QED) is 0.724. The van der Waals surface area contributed by atoms with Crippen LogP contribution in [-0.2, 0) is 0 Å². The number of halogens is 2. The summed E-state index contributed by atoms with van der Waals surface area (Å²) in [5, 5.41) is 0. The van der Waals surface area contributed by atoms with E-state index >= 15 is 0 Å². The Hall–Kier alpha value is 0.180. The molecule has 0 radical (unpaired) electrons. The summed E-state index contributed by atoms with van der Waals surface area (Å²) in [6.45, 7) is 0. The van der Waals surface area contributed by atoms with Crippen molar-refractivity contribution < 1.29 is 0 Å². The first-order chi connectivity index (χ1) is 5.27. The standard InChI is InChI=1S/C9H8Br2/c10-7-3-4-9(11)8(5-7)6-1-2-6/h3-6H,1-2H2. The van der Waals surface area contributed by atoms with E-state index in [1.54, 1.807) is 0 Å². The van der Waals surface area contributed by atoms with Crippen molar-refractivity contribution in [2.75, 3.05) is 0 Å². The van der Waals surface area contributed by atoms with E-state index in [1.807, 2.05) is 0 Å². The molecule has 0 spiro atoms. The van der Waals surface area contributed by atoms with Gasteiger partial charge in [0.25, 0.3) is 0 Å². The third kappa shape index (κ3) is 1.67. The highest BCUT2D eigenvalue weighted by Crippen LogP contribution is 2.43. The van der Waals surface area contributed by atoms with Crippen molar-refractivity contribution in [1.82, 2.24) is 0 Å². The molecule has 0 N–H and O–H groups in total. The van der Waals surface area contributed by atoms with Crippen molar-refractivity contribution in [3.8, 4) is 0 Å². The molecular formula is C9H8Br2. The Morgan fingerprint density at radius 3 is 2.55 bits per heavy atom. The van der Waals surface area contributed by atoms with Gasteiger partial charge < -0.3 is 0 Å². The lowest BCUT2D eigenvalue weighted by Crippen LogP contribution is -1.80. The molecule has 1 aliphatic rings. The van der Waals surface area contributed by atoms with E-state index in [0.717, 1.165) is 5.92 Å². The maximum Gasteiger partial charge on any atom is 0.0210 e. The number of hydrogen-bond donors (Lipinski definition) is 0. The van der Waals surface area contributed by atoms with Crippen molar-refractivity contribution in [2.45, 2.75) is 18.8 Å². The van der Waals surface area contributed by atoms with Crippen LogP contribution in [0.3, 0.4) is 0 Å². The fraction of sp³-hybridized carbons (Fsp3) is 0.333. The van der Waals surface area contributed by atoms with E-state index in [4.69, 9.17) is 0 Å². The average molecular weight is 276 g/mol. The maximum absolute atomic E-state index is 3.55. The highest BCUT2D eigenvalue weighted by atomic mass is 79.9. The van der Waals surface area contributed by atoms with Crippen LogP contribution < -0.4 is 0 Å². The zero-order valence-electron chi connectivity index (χ0n) is 5.98. The van der Waals surface area contributed by atoms with Crippen LogP contribution in [-0.4, -0.2) is 0 Å². The molecule has 1 aromatic carbocycles. The third-order valence-electron chi connectivity index (χ3n) is 1.98. The van der Waals surface area contributed by atoms with Crippen molar-refractivity contribution in [1.29, 1.82) is 0 Å². The van der Waals surface area contributed by atoms with E-state index in [9.17, 15) is 0 Å². The van der Waals surface area contributed by atoms with E-state index in [-0.39, 0.29) is 0 Å². The Balaban J connectivity index is 2.42. The van der Waals surface area contributed by atoms with Gasteiger partial charge in [-0.15, -0.1) is 0 Å². The molecule has 0 aliphatic heterocycles.